The molecule has 3 heterocycles. The molecule has 3 aromatic heterocycles. The largest absolute Gasteiger partial charge is 0.508 e. The second kappa shape index (κ2) is 9.47. The molecule has 0 fully saturated rings. The summed E-state index contributed by atoms with van der Waals surface area (Å²) >= 11 is 5.95. The van der Waals surface area contributed by atoms with Gasteiger partial charge >= 0.3 is 11.7 Å². The van der Waals surface area contributed by atoms with Crippen molar-refractivity contribution in [1.29, 1.82) is 0 Å². The van der Waals surface area contributed by atoms with Gasteiger partial charge in [-0.15, -0.1) is 0 Å². The first kappa shape index (κ1) is 22.6. The fraction of sp³-hybridized carbons (Fsp3) is 0.273. The highest BCUT2D eigenvalue weighted by atomic mass is 35.5. The summed E-state index contributed by atoms with van der Waals surface area (Å²) in [6.45, 7) is 2.08. The Kier molecular flexibility index (Phi) is 6.47. The first-order valence-electron chi connectivity index (χ1n) is 10.3. The Morgan fingerprint density at radius 3 is 2.61 bits per heavy atom. The molecule has 33 heavy (non-hydrogen) atoms. The van der Waals surface area contributed by atoms with Crippen LogP contribution in [0.15, 0.2) is 52.2 Å². The van der Waals surface area contributed by atoms with Gasteiger partial charge in [0.25, 0.3) is 5.56 Å². The van der Waals surface area contributed by atoms with Gasteiger partial charge in [0.15, 0.2) is 11.2 Å². The lowest BCUT2D eigenvalue weighted by atomic mass is 10.3. The molecule has 4 rings (SSSR count). The van der Waals surface area contributed by atoms with Crippen LogP contribution < -0.4 is 16.0 Å². The number of nitrogens with zero attached hydrogens (tertiary/aromatic N) is 5. The van der Waals surface area contributed by atoms with Gasteiger partial charge in [0.05, 0.1) is 17.3 Å². The minimum atomic E-state index is -0.541. The average molecular weight is 472 g/mol. The molecule has 0 atom stereocenters. The number of fused-ring (bicyclic) bond motifs is 1. The van der Waals surface area contributed by atoms with Crippen molar-refractivity contribution in [3.63, 3.8) is 0 Å². The zero-order valence-electron chi connectivity index (χ0n) is 17.8. The predicted molar refractivity (Wildman–Crippen MR) is 122 cm³/mol. The van der Waals surface area contributed by atoms with Crippen molar-refractivity contribution in [2.24, 2.45) is 0 Å². The molecule has 0 aliphatic heterocycles. The molecule has 0 amide bonds. The van der Waals surface area contributed by atoms with Crippen LogP contribution in [0.4, 0.5) is 0 Å². The molecule has 172 valence electrons. The van der Waals surface area contributed by atoms with Gasteiger partial charge < -0.3 is 14.9 Å². The second-order valence-corrected chi connectivity index (χ2v) is 7.72. The lowest BCUT2D eigenvalue weighted by Crippen LogP contribution is -2.40. The van der Waals surface area contributed by atoms with Crippen LogP contribution in [0.3, 0.4) is 0 Å². The standard InChI is InChI=1S/C22H22ClN5O5/c1-2-26-19-18(20(31)27(22(26)32)9-4-10-29)28(13-15-8-7-14(23)12-24-15)21(25-19)33-17-6-3-5-16(30)11-17/h3,5-8,11-12,29-30H,2,4,9-10,13H2,1H3. The summed E-state index contributed by atoms with van der Waals surface area (Å²) in [5, 5.41) is 19.5. The molecule has 0 bridgehead atoms. The number of hydrogen-bond donors (Lipinski definition) is 2. The lowest BCUT2D eigenvalue weighted by molar-refractivity contribution is 0.277. The van der Waals surface area contributed by atoms with Gasteiger partial charge in [-0.05, 0) is 37.6 Å². The number of hydrogen-bond acceptors (Lipinski definition) is 7. The average Bonchev–Trinajstić information content (AvgIpc) is 3.13. The Hall–Kier alpha value is -3.63. The van der Waals surface area contributed by atoms with E-state index >= 15 is 0 Å². The third-order valence-electron chi connectivity index (χ3n) is 5.07. The monoisotopic (exact) mass is 471 g/mol. The highest BCUT2D eigenvalue weighted by Gasteiger charge is 2.23. The Labute approximate surface area is 192 Å². The number of pyridine rings is 1. The molecular formula is C22H22ClN5O5. The van der Waals surface area contributed by atoms with Crippen LogP contribution in [0.25, 0.3) is 11.2 Å². The van der Waals surface area contributed by atoms with Crippen molar-refractivity contribution in [2.45, 2.75) is 33.0 Å². The normalized spacial score (nSPS) is 11.2. The molecule has 1 aromatic carbocycles. The van der Waals surface area contributed by atoms with Crippen molar-refractivity contribution >= 4 is 22.8 Å². The van der Waals surface area contributed by atoms with Crippen LogP contribution in [-0.2, 0) is 19.6 Å². The van der Waals surface area contributed by atoms with Gasteiger partial charge in [0, 0.05) is 32.0 Å². The highest BCUT2D eigenvalue weighted by Crippen LogP contribution is 2.27. The summed E-state index contributed by atoms with van der Waals surface area (Å²) < 4.78 is 9.94. The molecule has 10 nitrogen and oxygen atoms in total. The number of ether oxygens (including phenoxy) is 1. The molecular weight excluding hydrogens is 450 g/mol. The van der Waals surface area contributed by atoms with Crippen molar-refractivity contribution in [2.75, 3.05) is 6.61 Å². The molecule has 0 radical (unpaired) electrons. The molecule has 2 N–H and O–H groups in total. The number of phenols is 1. The summed E-state index contributed by atoms with van der Waals surface area (Å²) in [5.41, 5.74) is -0.116. The van der Waals surface area contributed by atoms with E-state index in [-0.39, 0.29) is 55.6 Å². The molecule has 0 saturated carbocycles. The van der Waals surface area contributed by atoms with E-state index in [9.17, 15) is 19.8 Å². The summed E-state index contributed by atoms with van der Waals surface area (Å²) in [6, 6.07) is 9.62. The van der Waals surface area contributed by atoms with E-state index in [0.29, 0.717) is 16.5 Å². The van der Waals surface area contributed by atoms with Gasteiger partial charge in [0.1, 0.15) is 11.5 Å². The minimum absolute atomic E-state index is 0.00588. The Morgan fingerprint density at radius 1 is 1.12 bits per heavy atom. The summed E-state index contributed by atoms with van der Waals surface area (Å²) in [5.74, 6) is 0.313. The maximum absolute atomic E-state index is 13.4. The zero-order valence-corrected chi connectivity index (χ0v) is 18.6. The van der Waals surface area contributed by atoms with Crippen LogP contribution in [-0.4, -0.2) is 40.5 Å². The number of phenolic OH excluding ortho intramolecular Hbond substituents is 1. The molecule has 0 saturated heterocycles. The summed E-state index contributed by atoms with van der Waals surface area (Å²) in [4.78, 5) is 35.1. The first-order chi connectivity index (χ1) is 15.9. The van der Waals surface area contributed by atoms with E-state index in [1.807, 2.05) is 0 Å². The Bertz CT molecular complexity index is 1410. The second-order valence-electron chi connectivity index (χ2n) is 7.28. The number of benzene rings is 1. The first-order valence-corrected chi connectivity index (χ1v) is 10.7. The zero-order chi connectivity index (χ0) is 23.5. The number of rotatable bonds is 8. The van der Waals surface area contributed by atoms with Gasteiger partial charge in [-0.3, -0.25) is 23.5 Å². The molecule has 4 aromatic rings. The number of imidazole rings is 1. The quantitative estimate of drug-likeness (QED) is 0.404. The number of aromatic hydroxyl groups is 1. The van der Waals surface area contributed by atoms with Crippen LogP contribution in [0.2, 0.25) is 5.02 Å². The third kappa shape index (κ3) is 4.48. The summed E-state index contributed by atoms with van der Waals surface area (Å²) in [7, 11) is 0. The maximum atomic E-state index is 13.4. The summed E-state index contributed by atoms with van der Waals surface area (Å²) in [6.07, 6.45) is 1.75. The predicted octanol–water partition coefficient (Wildman–Crippen LogP) is 2.36. The van der Waals surface area contributed by atoms with Gasteiger partial charge in [-0.1, -0.05) is 17.7 Å². The SMILES string of the molecule is CCn1c(=O)n(CCCO)c(=O)c2c1nc(Oc1cccc(O)c1)n2Cc1ccc(Cl)cn1. The van der Waals surface area contributed by atoms with Crippen molar-refractivity contribution in [3.8, 4) is 17.5 Å². The van der Waals surface area contributed by atoms with Gasteiger partial charge in [-0.25, -0.2) is 4.79 Å². The minimum Gasteiger partial charge on any atom is -0.508 e. The number of aliphatic hydroxyl groups excluding tert-OH is 1. The van der Waals surface area contributed by atoms with Gasteiger partial charge in [0.2, 0.25) is 0 Å². The molecule has 0 spiro atoms. The van der Waals surface area contributed by atoms with E-state index in [4.69, 9.17) is 16.3 Å². The number of aryl methyl sites for hydroxylation is 1. The van der Waals surface area contributed by atoms with Crippen molar-refractivity contribution < 1.29 is 14.9 Å². The topological polar surface area (TPSA) is 124 Å². The van der Waals surface area contributed by atoms with Crippen molar-refractivity contribution in [3.05, 3.63) is 74.1 Å². The smallest absolute Gasteiger partial charge is 0.332 e. The highest BCUT2D eigenvalue weighted by molar-refractivity contribution is 6.30. The fourth-order valence-corrected chi connectivity index (χ4v) is 3.63. The fourth-order valence-electron chi connectivity index (χ4n) is 3.52. The van der Waals surface area contributed by atoms with E-state index in [1.165, 1.54) is 22.9 Å². The number of aromatic nitrogens is 5. The Balaban J connectivity index is 1.96. The molecule has 0 aliphatic rings. The van der Waals surface area contributed by atoms with Crippen LogP contribution in [0, 0.1) is 0 Å². The maximum Gasteiger partial charge on any atom is 0.332 e. The van der Waals surface area contributed by atoms with E-state index in [1.54, 1.807) is 35.8 Å². The molecule has 0 unspecified atom stereocenters. The van der Waals surface area contributed by atoms with E-state index in [2.05, 4.69) is 9.97 Å². The lowest BCUT2D eigenvalue weighted by Gasteiger charge is -2.12. The van der Waals surface area contributed by atoms with E-state index in [0.717, 1.165) is 4.57 Å². The number of halogens is 1. The van der Waals surface area contributed by atoms with Crippen LogP contribution >= 0.6 is 11.6 Å². The molecule has 11 heteroatoms. The van der Waals surface area contributed by atoms with Crippen LogP contribution in [0.5, 0.6) is 17.5 Å². The number of aliphatic hydroxyl groups is 1. The van der Waals surface area contributed by atoms with Crippen molar-refractivity contribution in [1.82, 2.24) is 23.7 Å². The molecule has 0 aliphatic carbocycles. The van der Waals surface area contributed by atoms with Crippen LogP contribution in [0.1, 0.15) is 19.0 Å². The van der Waals surface area contributed by atoms with E-state index < -0.39 is 11.2 Å². The third-order valence-corrected chi connectivity index (χ3v) is 5.29. The Morgan fingerprint density at radius 2 is 1.94 bits per heavy atom. The van der Waals surface area contributed by atoms with Gasteiger partial charge in [-0.2, -0.15) is 4.98 Å².